The van der Waals surface area contributed by atoms with E-state index < -0.39 is 6.04 Å². The standard InChI is InChI=1S/C37H35N5O6S/c1-41-34(43)14-13-32(37(41)45)42-22-25-18-28(8-10-29(25)36(42)44)48-17-16-47-15-3-4-26-7-5-23(20-38-26)24-6-11-31(39-21-24)35-40-30-12-9-27(46-2)19-33(30)49-35/h5-12,18-21,32H,3-4,13-17,22H2,1-2H3. The molecule has 1 fully saturated rings. The van der Waals surface area contributed by atoms with E-state index in [1.54, 1.807) is 35.5 Å². The van der Waals surface area contributed by atoms with Crippen LogP contribution in [0.1, 0.15) is 40.9 Å². The Morgan fingerprint density at radius 2 is 1.71 bits per heavy atom. The lowest BCUT2D eigenvalue weighted by Crippen LogP contribution is -2.53. The lowest BCUT2D eigenvalue weighted by atomic mass is 10.0. The summed E-state index contributed by atoms with van der Waals surface area (Å²) in [6.07, 6.45) is 5.95. The molecule has 0 radical (unpaired) electrons. The lowest BCUT2D eigenvalue weighted by molar-refractivity contribution is -0.150. The van der Waals surface area contributed by atoms with E-state index >= 15 is 0 Å². The van der Waals surface area contributed by atoms with E-state index in [-0.39, 0.29) is 24.1 Å². The van der Waals surface area contributed by atoms with E-state index in [0.29, 0.717) is 44.1 Å². The smallest absolute Gasteiger partial charge is 0.255 e. The van der Waals surface area contributed by atoms with E-state index in [4.69, 9.17) is 19.2 Å². The summed E-state index contributed by atoms with van der Waals surface area (Å²) in [6.45, 7) is 1.70. The Hall–Kier alpha value is -5.20. The number of ether oxygens (including phenoxy) is 3. The molecule has 250 valence electrons. The second-order valence-corrected chi connectivity index (χ2v) is 13.0. The zero-order valence-corrected chi connectivity index (χ0v) is 28.1. The highest BCUT2D eigenvalue weighted by atomic mass is 32.1. The monoisotopic (exact) mass is 677 g/mol. The van der Waals surface area contributed by atoms with Crippen LogP contribution in [0.4, 0.5) is 0 Å². The number of rotatable bonds is 12. The summed E-state index contributed by atoms with van der Waals surface area (Å²) in [4.78, 5) is 54.2. The minimum atomic E-state index is -0.619. The molecule has 7 rings (SSSR count). The molecule has 12 heteroatoms. The van der Waals surface area contributed by atoms with Crippen LogP contribution in [0.2, 0.25) is 0 Å². The number of imide groups is 1. The van der Waals surface area contributed by atoms with Gasteiger partial charge in [-0.2, -0.15) is 0 Å². The Labute approximate surface area is 287 Å². The van der Waals surface area contributed by atoms with Crippen molar-refractivity contribution in [1.29, 1.82) is 0 Å². The normalized spacial score (nSPS) is 16.0. The number of likely N-dealkylation sites (tertiary alicyclic amines) is 1. The van der Waals surface area contributed by atoms with Gasteiger partial charge in [0.25, 0.3) is 11.8 Å². The number of aromatic nitrogens is 3. The molecule has 2 aliphatic heterocycles. The maximum Gasteiger partial charge on any atom is 0.255 e. The van der Waals surface area contributed by atoms with Gasteiger partial charge in [-0.3, -0.25) is 29.3 Å². The van der Waals surface area contributed by atoms with Crippen molar-refractivity contribution >= 4 is 39.3 Å². The Morgan fingerprint density at radius 3 is 2.49 bits per heavy atom. The summed E-state index contributed by atoms with van der Waals surface area (Å²) in [7, 11) is 3.13. The fraction of sp³-hybridized carbons (Fsp3) is 0.297. The third-order valence-electron chi connectivity index (χ3n) is 8.86. The van der Waals surface area contributed by atoms with Crippen molar-refractivity contribution in [1.82, 2.24) is 24.8 Å². The molecule has 5 heterocycles. The van der Waals surface area contributed by atoms with Crippen molar-refractivity contribution in [3.8, 4) is 33.3 Å². The molecule has 1 saturated heterocycles. The Morgan fingerprint density at radius 1 is 0.898 bits per heavy atom. The molecule has 0 N–H and O–H groups in total. The lowest BCUT2D eigenvalue weighted by Gasteiger charge is -2.33. The maximum absolute atomic E-state index is 13.0. The van der Waals surface area contributed by atoms with Gasteiger partial charge >= 0.3 is 0 Å². The summed E-state index contributed by atoms with van der Waals surface area (Å²) in [6, 6.07) is 18.7. The number of amides is 3. The van der Waals surface area contributed by atoms with Gasteiger partial charge in [0, 0.05) is 61.4 Å². The van der Waals surface area contributed by atoms with Gasteiger partial charge in [0.2, 0.25) is 5.91 Å². The highest BCUT2D eigenvalue weighted by molar-refractivity contribution is 7.21. The van der Waals surface area contributed by atoms with Crippen LogP contribution in [0.25, 0.3) is 32.0 Å². The van der Waals surface area contributed by atoms with Crippen LogP contribution in [-0.2, 0) is 27.3 Å². The van der Waals surface area contributed by atoms with E-state index in [0.717, 1.165) is 66.8 Å². The maximum atomic E-state index is 13.0. The molecule has 49 heavy (non-hydrogen) atoms. The number of aryl methyl sites for hydroxylation is 1. The van der Waals surface area contributed by atoms with Gasteiger partial charge in [-0.25, -0.2) is 4.98 Å². The van der Waals surface area contributed by atoms with Gasteiger partial charge in [-0.1, -0.05) is 12.1 Å². The second-order valence-electron chi connectivity index (χ2n) is 12.0. The molecule has 11 nitrogen and oxygen atoms in total. The van der Waals surface area contributed by atoms with Crippen molar-refractivity contribution in [3.05, 3.63) is 89.9 Å². The molecule has 1 unspecified atom stereocenters. The van der Waals surface area contributed by atoms with Gasteiger partial charge < -0.3 is 19.1 Å². The highest BCUT2D eigenvalue weighted by Crippen LogP contribution is 2.33. The highest BCUT2D eigenvalue weighted by Gasteiger charge is 2.41. The second kappa shape index (κ2) is 14.1. The quantitative estimate of drug-likeness (QED) is 0.123. The number of methoxy groups -OCH3 is 1. The molecule has 2 aliphatic rings. The number of nitrogens with zero attached hydrogens (tertiary/aromatic N) is 5. The van der Waals surface area contributed by atoms with E-state index in [1.165, 1.54) is 7.05 Å². The largest absolute Gasteiger partial charge is 0.497 e. The van der Waals surface area contributed by atoms with Crippen LogP contribution in [0.15, 0.2) is 73.1 Å². The summed E-state index contributed by atoms with van der Waals surface area (Å²) in [5.41, 5.74) is 6.12. The number of benzene rings is 2. The number of carbonyl (C=O) groups is 3. The molecule has 5 aromatic rings. The van der Waals surface area contributed by atoms with Gasteiger partial charge in [0.15, 0.2) is 0 Å². The Kier molecular flexibility index (Phi) is 9.32. The van der Waals surface area contributed by atoms with Crippen molar-refractivity contribution in [3.63, 3.8) is 0 Å². The average Bonchev–Trinajstić information content (AvgIpc) is 3.70. The van der Waals surface area contributed by atoms with Crippen LogP contribution >= 0.6 is 11.3 Å². The predicted octanol–water partition coefficient (Wildman–Crippen LogP) is 5.56. The first-order valence-corrected chi connectivity index (χ1v) is 17.0. The van der Waals surface area contributed by atoms with Crippen LogP contribution in [0, 0.1) is 0 Å². The Balaban J connectivity index is 0.830. The fourth-order valence-corrected chi connectivity index (χ4v) is 7.07. The summed E-state index contributed by atoms with van der Waals surface area (Å²) >= 11 is 1.59. The minimum Gasteiger partial charge on any atom is -0.497 e. The molecule has 1 atom stereocenters. The first-order chi connectivity index (χ1) is 23.9. The molecule has 3 aromatic heterocycles. The first kappa shape index (κ1) is 32.4. The number of carbonyl (C=O) groups excluding carboxylic acids is 3. The van der Waals surface area contributed by atoms with Crippen LogP contribution in [-0.4, -0.2) is 82.5 Å². The number of hydrogen-bond donors (Lipinski definition) is 0. The number of piperidine rings is 1. The number of likely N-dealkylation sites (N-methyl/N-ethyl adjacent to an activating group) is 1. The number of hydrogen-bond acceptors (Lipinski definition) is 10. The van der Waals surface area contributed by atoms with Crippen molar-refractivity contribution in [2.24, 2.45) is 0 Å². The zero-order valence-electron chi connectivity index (χ0n) is 27.3. The molecule has 0 saturated carbocycles. The minimum absolute atomic E-state index is 0.190. The Bertz CT molecular complexity index is 2010. The van der Waals surface area contributed by atoms with Crippen molar-refractivity contribution < 1.29 is 28.6 Å². The third kappa shape index (κ3) is 6.87. The van der Waals surface area contributed by atoms with Crippen LogP contribution in [0.5, 0.6) is 11.5 Å². The van der Waals surface area contributed by atoms with Crippen molar-refractivity contribution in [2.75, 3.05) is 34.0 Å². The van der Waals surface area contributed by atoms with Gasteiger partial charge in [-0.15, -0.1) is 11.3 Å². The van der Waals surface area contributed by atoms with Gasteiger partial charge in [0.05, 0.1) is 29.6 Å². The SMILES string of the molecule is COc1ccc2nc(-c3ccc(-c4ccc(CCCOCCOc5ccc6c(c5)CN(C5CCC(=O)N(C)C5=O)C6=O)nc4)cn3)sc2c1. The summed E-state index contributed by atoms with van der Waals surface area (Å²) < 4.78 is 18.0. The van der Waals surface area contributed by atoms with E-state index in [2.05, 4.69) is 16.0 Å². The zero-order chi connectivity index (χ0) is 33.9. The molecule has 0 aliphatic carbocycles. The van der Waals surface area contributed by atoms with Gasteiger partial charge in [0.1, 0.15) is 29.2 Å². The number of pyridine rings is 2. The van der Waals surface area contributed by atoms with Crippen LogP contribution in [0.3, 0.4) is 0 Å². The molecular formula is C37H35N5O6S. The van der Waals surface area contributed by atoms with Crippen molar-refractivity contribution in [2.45, 2.75) is 38.3 Å². The molecule has 0 spiro atoms. The van der Waals surface area contributed by atoms with E-state index in [9.17, 15) is 14.4 Å². The third-order valence-corrected chi connectivity index (χ3v) is 9.90. The van der Waals surface area contributed by atoms with Gasteiger partial charge in [-0.05, 0) is 73.4 Å². The number of thiazole rings is 1. The average molecular weight is 678 g/mol. The number of fused-ring (bicyclic) bond motifs is 2. The summed E-state index contributed by atoms with van der Waals surface area (Å²) in [5.74, 6) is 0.721. The molecule has 0 bridgehead atoms. The summed E-state index contributed by atoms with van der Waals surface area (Å²) in [5, 5.41) is 0.869. The predicted molar refractivity (Wildman–Crippen MR) is 184 cm³/mol. The van der Waals surface area contributed by atoms with E-state index in [1.807, 2.05) is 54.9 Å². The first-order valence-electron chi connectivity index (χ1n) is 16.2. The molecule has 3 amide bonds. The molecule has 2 aromatic carbocycles. The fourth-order valence-electron chi connectivity index (χ4n) is 6.10. The topological polar surface area (TPSA) is 124 Å². The molecular weight excluding hydrogens is 643 g/mol. The van der Waals surface area contributed by atoms with Crippen LogP contribution < -0.4 is 9.47 Å².